The molecular weight excluding hydrogens is 737 g/mol. The van der Waals surface area contributed by atoms with E-state index < -0.39 is 5.60 Å². The Morgan fingerprint density at radius 1 is 0.800 bits per heavy atom. The lowest BCUT2D eigenvalue weighted by Gasteiger charge is -2.28. The second-order valence-electron chi connectivity index (χ2n) is 15.9. The van der Waals surface area contributed by atoms with Gasteiger partial charge in [-0.05, 0) is 96.0 Å². The number of aromatic amines is 2. The predicted molar refractivity (Wildman–Crippen MR) is 217 cm³/mol. The number of rotatable bonds is 8. The molecule has 4 fully saturated rings. The number of thiophene rings is 2. The zero-order valence-corrected chi connectivity index (χ0v) is 33.1. The summed E-state index contributed by atoms with van der Waals surface area (Å²) < 4.78 is 7.67. The van der Waals surface area contributed by atoms with Crippen molar-refractivity contribution in [3.63, 3.8) is 0 Å². The topological polar surface area (TPSA) is 199 Å². The number of fused-ring (bicyclic) bond motifs is 6. The maximum Gasteiger partial charge on any atom is 0.410 e. The van der Waals surface area contributed by atoms with Gasteiger partial charge < -0.3 is 36.2 Å². The van der Waals surface area contributed by atoms with Gasteiger partial charge in [0.15, 0.2) is 23.3 Å². The number of aromatic nitrogens is 8. The molecule has 0 radical (unpaired) electrons. The second-order valence-corrected chi connectivity index (χ2v) is 17.7. The van der Waals surface area contributed by atoms with Crippen molar-refractivity contribution in [2.24, 2.45) is 0 Å². The van der Waals surface area contributed by atoms with E-state index in [2.05, 4.69) is 52.0 Å². The van der Waals surface area contributed by atoms with Crippen LogP contribution < -0.4 is 26.6 Å². The molecule has 0 unspecified atom stereocenters. The molecule has 0 spiro atoms. The van der Waals surface area contributed by atoms with E-state index in [-0.39, 0.29) is 24.2 Å². The van der Waals surface area contributed by atoms with Crippen LogP contribution in [0.3, 0.4) is 0 Å². The molecule has 288 valence electrons. The average molecular weight is 783 g/mol. The number of hydrogen-bond donors (Lipinski definition) is 7. The summed E-state index contributed by atoms with van der Waals surface area (Å²) in [6.07, 6.45) is 6.29. The number of carbonyl (C=O) groups excluding carboxylic acids is 1. The average Bonchev–Trinajstić information content (AvgIpc) is 3.98. The third-order valence-electron chi connectivity index (χ3n) is 10.6. The van der Waals surface area contributed by atoms with Gasteiger partial charge in [-0.25, -0.2) is 14.8 Å². The van der Waals surface area contributed by atoms with E-state index in [1.165, 1.54) is 12.8 Å². The van der Waals surface area contributed by atoms with E-state index in [1.807, 2.05) is 74.5 Å². The van der Waals surface area contributed by atoms with Crippen molar-refractivity contribution >= 4 is 84.4 Å². The minimum Gasteiger partial charge on any atom is -0.444 e. The Morgan fingerprint density at radius 3 is 1.91 bits per heavy atom. The molecule has 10 heterocycles. The van der Waals surface area contributed by atoms with E-state index >= 15 is 0 Å². The van der Waals surface area contributed by atoms with Gasteiger partial charge in [0.05, 0.1) is 32.5 Å². The summed E-state index contributed by atoms with van der Waals surface area (Å²) >= 11 is 3.23. The van der Waals surface area contributed by atoms with Crippen LogP contribution in [0.5, 0.6) is 0 Å². The Morgan fingerprint density at radius 2 is 1.40 bits per heavy atom. The van der Waals surface area contributed by atoms with Crippen molar-refractivity contribution < 1.29 is 9.53 Å². The summed E-state index contributed by atoms with van der Waals surface area (Å²) in [7, 11) is 0. The molecule has 7 N–H and O–H groups in total. The lowest BCUT2D eigenvalue weighted by Crippen LogP contribution is -2.42. The normalized spacial score (nSPS) is 24.0. The van der Waals surface area contributed by atoms with Gasteiger partial charge in [-0.3, -0.25) is 10.2 Å². The molecule has 4 aliphatic heterocycles. The lowest BCUT2D eigenvalue weighted by atomic mass is 9.96. The number of amides is 1. The number of carbonyl (C=O) groups is 1. The fourth-order valence-electron chi connectivity index (χ4n) is 8.29. The van der Waals surface area contributed by atoms with Crippen LogP contribution in [0.25, 0.3) is 20.4 Å². The van der Waals surface area contributed by atoms with E-state index in [4.69, 9.17) is 19.7 Å². The molecule has 18 heteroatoms. The number of nitrogens with zero attached hydrogens (tertiary/aromatic N) is 7. The molecule has 6 aromatic heterocycles. The van der Waals surface area contributed by atoms with Crippen molar-refractivity contribution in [1.29, 1.82) is 0 Å². The second kappa shape index (κ2) is 14.2. The smallest absolute Gasteiger partial charge is 0.410 e. The van der Waals surface area contributed by atoms with Gasteiger partial charge in [0.25, 0.3) is 0 Å². The van der Waals surface area contributed by atoms with Crippen molar-refractivity contribution in [3.05, 3.63) is 46.4 Å². The van der Waals surface area contributed by atoms with Crippen molar-refractivity contribution in [2.45, 2.75) is 115 Å². The van der Waals surface area contributed by atoms with E-state index in [1.54, 1.807) is 22.7 Å². The van der Waals surface area contributed by atoms with Crippen LogP contribution in [0.4, 0.5) is 40.0 Å². The third-order valence-corrected chi connectivity index (χ3v) is 12.4. The van der Waals surface area contributed by atoms with Gasteiger partial charge in [-0.1, -0.05) is 0 Å². The summed E-state index contributed by atoms with van der Waals surface area (Å²) in [5, 5.41) is 35.7. The first-order valence-corrected chi connectivity index (χ1v) is 20.7. The maximum absolute atomic E-state index is 12.7. The fraction of sp³-hybridized carbons (Fsp3) is 0.486. The highest BCUT2D eigenvalue weighted by molar-refractivity contribution is 7.18. The van der Waals surface area contributed by atoms with Crippen LogP contribution in [0, 0.1) is 13.8 Å². The fourth-order valence-corrected chi connectivity index (χ4v) is 9.84. The first kappa shape index (κ1) is 35.6. The SMILES string of the molecule is Cc1cc(Nc2nc(N[C@@H]3C[C@@H]4CC[C@@H]3N4)nc3ccsc23)n[nH]1.Cc1cc(Nc2nc(N[C@@H]3C[C@@H]4CC[C@@H]3N4C(=O)OC(C)(C)C)nc3ccsc23)n[nH]1. The Labute approximate surface area is 326 Å². The summed E-state index contributed by atoms with van der Waals surface area (Å²) in [5.41, 5.74) is 3.33. The van der Waals surface area contributed by atoms with Crippen LogP contribution in [0.15, 0.2) is 35.0 Å². The van der Waals surface area contributed by atoms with Crippen LogP contribution in [0.2, 0.25) is 0 Å². The Bertz CT molecular complexity index is 2330. The summed E-state index contributed by atoms with van der Waals surface area (Å²) in [5.74, 6) is 4.26. The minimum atomic E-state index is -0.500. The summed E-state index contributed by atoms with van der Waals surface area (Å²) in [6, 6.07) is 9.93. The van der Waals surface area contributed by atoms with Crippen molar-refractivity contribution in [3.8, 4) is 0 Å². The molecule has 6 atom stereocenters. The van der Waals surface area contributed by atoms with Crippen molar-refractivity contribution in [2.75, 3.05) is 21.3 Å². The standard InChI is InChI=1S/C21H27N7O2S.C16H19N7S/c1-11-9-16(27-26-11)24-18-17-13(7-8-31-17)22-19(25-18)23-14-10-12-5-6-15(14)28(12)20(29)30-21(2,3)4;1-8-6-13(23-22-8)20-15-14-11(4-5-24-14)18-16(21-15)19-12-7-9-2-3-10(12)17-9/h7-9,12,14-15H,5-6,10H2,1-4H3,(H3,22,23,24,25,26,27);4-6,9-10,12,17H,2-3,7H2,1H3,(H3,18,19,20,21,22,23)/t12-,14+,15-;9-,10-,12+/m00/s1. The zero-order valence-electron chi connectivity index (χ0n) is 31.4. The molecule has 6 aromatic rings. The van der Waals surface area contributed by atoms with E-state index in [0.717, 1.165) is 75.0 Å². The van der Waals surface area contributed by atoms with Gasteiger partial charge >= 0.3 is 6.09 Å². The van der Waals surface area contributed by atoms with Crippen LogP contribution in [-0.4, -0.2) is 93.2 Å². The van der Waals surface area contributed by atoms with E-state index in [9.17, 15) is 4.79 Å². The van der Waals surface area contributed by atoms with Crippen molar-refractivity contribution in [1.82, 2.24) is 50.5 Å². The largest absolute Gasteiger partial charge is 0.444 e. The Hall–Kier alpha value is -5.07. The highest BCUT2D eigenvalue weighted by Gasteiger charge is 2.50. The third kappa shape index (κ3) is 7.49. The first-order valence-electron chi connectivity index (χ1n) is 18.9. The van der Waals surface area contributed by atoms with Gasteiger partial charge in [0, 0.05) is 47.7 Å². The Kier molecular flexibility index (Phi) is 9.21. The number of anilines is 6. The van der Waals surface area contributed by atoms with Gasteiger partial charge in [0.2, 0.25) is 11.9 Å². The predicted octanol–water partition coefficient (Wildman–Crippen LogP) is 7.19. The summed E-state index contributed by atoms with van der Waals surface area (Å²) in [4.78, 5) is 33.5. The van der Waals surface area contributed by atoms with E-state index in [0.29, 0.717) is 35.8 Å². The number of ether oxygens (including phenoxy) is 1. The highest BCUT2D eigenvalue weighted by atomic mass is 32.1. The highest BCUT2D eigenvalue weighted by Crippen LogP contribution is 2.40. The number of hydrogen-bond acceptors (Lipinski definition) is 15. The quantitative estimate of drug-likeness (QED) is 0.0820. The molecule has 16 nitrogen and oxygen atoms in total. The number of nitrogens with one attached hydrogen (secondary N) is 7. The minimum absolute atomic E-state index is 0.0898. The van der Waals surface area contributed by atoms with Gasteiger partial charge in [-0.2, -0.15) is 20.2 Å². The molecule has 0 aromatic carbocycles. The molecule has 55 heavy (non-hydrogen) atoms. The summed E-state index contributed by atoms with van der Waals surface area (Å²) in [6.45, 7) is 9.64. The van der Waals surface area contributed by atoms with Gasteiger partial charge in [0.1, 0.15) is 5.60 Å². The maximum atomic E-state index is 12.7. The van der Waals surface area contributed by atoms with Crippen LogP contribution in [-0.2, 0) is 4.74 Å². The molecular formula is C37H46N14O2S2. The lowest BCUT2D eigenvalue weighted by molar-refractivity contribution is 0.0214. The molecule has 0 aliphatic carbocycles. The molecule has 4 saturated heterocycles. The molecule has 4 bridgehead atoms. The van der Waals surface area contributed by atoms with Crippen LogP contribution in [0.1, 0.15) is 70.7 Å². The first-order chi connectivity index (χ1) is 26.5. The van der Waals surface area contributed by atoms with Crippen LogP contribution >= 0.6 is 22.7 Å². The molecule has 10 rings (SSSR count). The molecule has 4 aliphatic rings. The Balaban J connectivity index is 0.000000149. The zero-order chi connectivity index (χ0) is 37.8. The monoisotopic (exact) mass is 782 g/mol. The van der Waals surface area contributed by atoms with Gasteiger partial charge in [-0.15, -0.1) is 22.7 Å². The number of aryl methyl sites for hydroxylation is 2. The molecule has 0 saturated carbocycles. The molecule has 1 amide bonds. The number of H-pyrrole nitrogens is 2.